The van der Waals surface area contributed by atoms with Crippen LogP contribution in [0.2, 0.25) is 0 Å². The molecule has 0 amide bonds. The highest BCUT2D eigenvalue weighted by Crippen LogP contribution is 2.24. The van der Waals surface area contributed by atoms with Crippen LogP contribution in [0.1, 0.15) is 6.92 Å². The Hall–Kier alpha value is -3.43. The van der Waals surface area contributed by atoms with E-state index in [-0.39, 0.29) is 30.6 Å². The van der Waals surface area contributed by atoms with Crippen molar-refractivity contribution in [3.63, 3.8) is 0 Å². The van der Waals surface area contributed by atoms with Gasteiger partial charge < -0.3 is 20.1 Å². The molecule has 0 bridgehead atoms. The lowest BCUT2D eigenvalue weighted by Gasteiger charge is -2.09. The molecule has 10 heteroatoms. The summed E-state index contributed by atoms with van der Waals surface area (Å²) in [6.07, 6.45) is 1.06. The molecule has 2 N–H and O–H groups in total. The number of carbonyl (C=O) groups is 1. The van der Waals surface area contributed by atoms with Crippen molar-refractivity contribution in [2.75, 3.05) is 30.9 Å². The standard InChI is InChI=1S/C15H17N5O5/c1-3-25-13(21)9-16-14-12(20(22)23)8-17-15(19-14)18-10-4-6-11(24-2)7-5-10/h4-8H,3,9H2,1-2H3,(H2,16,17,18,19). The Morgan fingerprint density at radius 3 is 2.64 bits per heavy atom. The van der Waals surface area contributed by atoms with Crippen LogP contribution < -0.4 is 15.4 Å². The summed E-state index contributed by atoms with van der Waals surface area (Å²) >= 11 is 0. The van der Waals surface area contributed by atoms with E-state index in [1.807, 2.05) is 0 Å². The summed E-state index contributed by atoms with van der Waals surface area (Å²) in [5, 5.41) is 16.6. The van der Waals surface area contributed by atoms with Crippen molar-refractivity contribution in [1.29, 1.82) is 0 Å². The van der Waals surface area contributed by atoms with Gasteiger partial charge in [-0.1, -0.05) is 0 Å². The van der Waals surface area contributed by atoms with E-state index >= 15 is 0 Å². The van der Waals surface area contributed by atoms with Crippen LogP contribution in [0.15, 0.2) is 30.5 Å². The van der Waals surface area contributed by atoms with Gasteiger partial charge in [0.15, 0.2) is 0 Å². The Bertz CT molecular complexity index is 750. The number of carbonyl (C=O) groups excluding carboxylic acids is 1. The summed E-state index contributed by atoms with van der Waals surface area (Å²) in [6, 6.07) is 6.98. The number of aromatic nitrogens is 2. The average Bonchev–Trinajstić information content (AvgIpc) is 2.61. The van der Waals surface area contributed by atoms with Gasteiger partial charge in [0.05, 0.1) is 18.6 Å². The number of hydrogen-bond acceptors (Lipinski definition) is 9. The maximum atomic E-state index is 11.4. The van der Waals surface area contributed by atoms with Gasteiger partial charge in [0.25, 0.3) is 0 Å². The van der Waals surface area contributed by atoms with Gasteiger partial charge in [-0.3, -0.25) is 14.9 Å². The van der Waals surface area contributed by atoms with E-state index in [0.29, 0.717) is 11.4 Å². The molecular formula is C15H17N5O5. The topological polar surface area (TPSA) is 129 Å². The average molecular weight is 347 g/mol. The van der Waals surface area contributed by atoms with Crippen molar-refractivity contribution >= 4 is 29.1 Å². The molecule has 25 heavy (non-hydrogen) atoms. The van der Waals surface area contributed by atoms with Crippen LogP contribution in [-0.2, 0) is 9.53 Å². The van der Waals surface area contributed by atoms with E-state index in [1.54, 1.807) is 38.3 Å². The van der Waals surface area contributed by atoms with Crippen molar-refractivity contribution in [3.05, 3.63) is 40.6 Å². The van der Waals surface area contributed by atoms with Gasteiger partial charge in [-0.2, -0.15) is 4.98 Å². The summed E-state index contributed by atoms with van der Waals surface area (Å²) in [7, 11) is 1.56. The van der Waals surface area contributed by atoms with Gasteiger partial charge in [-0.25, -0.2) is 4.98 Å². The predicted molar refractivity (Wildman–Crippen MR) is 90.1 cm³/mol. The number of nitrogens with one attached hydrogen (secondary N) is 2. The molecule has 0 saturated carbocycles. The van der Waals surface area contributed by atoms with Crippen molar-refractivity contribution in [2.45, 2.75) is 6.92 Å². The molecule has 1 heterocycles. The van der Waals surface area contributed by atoms with Crippen molar-refractivity contribution < 1.29 is 19.2 Å². The van der Waals surface area contributed by atoms with Crippen molar-refractivity contribution in [3.8, 4) is 5.75 Å². The first-order valence-electron chi connectivity index (χ1n) is 7.35. The third kappa shape index (κ3) is 5.03. The fourth-order valence-electron chi connectivity index (χ4n) is 1.87. The van der Waals surface area contributed by atoms with E-state index in [4.69, 9.17) is 9.47 Å². The lowest BCUT2D eigenvalue weighted by Crippen LogP contribution is -2.18. The van der Waals surface area contributed by atoms with Crippen LogP contribution in [-0.4, -0.2) is 41.1 Å². The molecule has 0 aliphatic carbocycles. The van der Waals surface area contributed by atoms with Crippen LogP contribution in [0.3, 0.4) is 0 Å². The fraction of sp³-hybridized carbons (Fsp3) is 0.267. The summed E-state index contributed by atoms with van der Waals surface area (Å²) in [5.74, 6) is 0.207. The molecule has 1 aromatic heterocycles. The number of hydrogen-bond donors (Lipinski definition) is 2. The summed E-state index contributed by atoms with van der Waals surface area (Å²) in [5.41, 5.74) is 0.329. The minimum atomic E-state index is -0.634. The zero-order chi connectivity index (χ0) is 18.2. The van der Waals surface area contributed by atoms with Crippen LogP contribution in [0.25, 0.3) is 0 Å². The molecule has 0 aliphatic rings. The Morgan fingerprint density at radius 1 is 1.32 bits per heavy atom. The number of anilines is 3. The molecule has 132 valence electrons. The third-order valence-corrected chi connectivity index (χ3v) is 3.02. The number of methoxy groups -OCH3 is 1. The molecule has 0 atom stereocenters. The number of ether oxygens (including phenoxy) is 2. The summed E-state index contributed by atoms with van der Waals surface area (Å²) in [4.78, 5) is 29.8. The minimum Gasteiger partial charge on any atom is -0.497 e. The maximum Gasteiger partial charge on any atom is 0.329 e. The molecule has 0 saturated heterocycles. The number of benzene rings is 1. The second kappa shape index (κ2) is 8.43. The first kappa shape index (κ1) is 17.9. The van der Waals surface area contributed by atoms with Crippen LogP contribution >= 0.6 is 0 Å². The summed E-state index contributed by atoms with van der Waals surface area (Å²) in [6.45, 7) is 1.65. The molecule has 0 fully saturated rings. The zero-order valence-corrected chi connectivity index (χ0v) is 13.7. The molecule has 2 rings (SSSR count). The lowest BCUT2D eigenvalue weighted by atomic mass is 10.3. The SMILES string of the molecule is CCOC(=O)CNc1nc(Nc2ccc(OC)cc2)ncc1[N+](=O)[O-]. The second-order valence-corrected chi connectivity index (χ2v) is 4.70. The molecule has 10 nitrogen and oxygen atoms in total. The van der Waals surface area contributed by atoms with Crippen LogP contribution in [0.4, 0.5) is 23.1 Å². The van der Waals surface area contributed by atoms with Gasteiger partial charge in [0, 0.05) is 5.69 Å². The van der Waals surface area contributed by atoms with Crippen LogP contribution in [0, 0.1) is 10.1 Å². The van der Waals surface area contributed by atoms with E-state index < -0.39 is 10.9 Å². The third-order valence-electron chi connectivity index (χ3n) is 3.02. The van der Waals surface area contributed by atoms with E-state index in [0.717, 1.165) is 6.20 Å². The van der Waals surface area contributed by atoms with Gasteiger partial charge in [0.2, 0.25) is 11.8 Å². The highest BCUT2D eigenvalue weighted by molar-refractivity contribution is 5.76. The number of esters is 1. The second-order valence-electron chi connectivity index (χ2n) is 4.70. The van der Waals surface area contributed by atoms with Gasteiger partial charge in [0.1, 0.15) is 18.5 Å². The smallest absolute Gasteiger partial charge is 0.329 e. The Balaban J connectivity index is 2.17. The van der Waals surface area contributed by atoms with Crippen LogP contribution in [0.5, 0.6) is 5.75 Å². The molecule has 0 spiro atoms. The van der Waals surface area contributed by atoms with E-state index in [1.165, 1.54) is 0 Å². The number of rotatable bonds is 8. The Morgan fingerprint density at radius 2 is 2.04 bits per heavy atom. The number of nitro groups is 1. The fourth-order valence-corrected chi connectivity index (χ4v) is 1.87. The molecular weight excluding hydrogens is 330 g/mol. The van der Waals surface area contributed by atoms with E-state index in [9.17, 15) is 14.9 Å². The van der Waals surface area contributed by atoms with Gasteiger partial charge in [-0.15, -0.1) is 0 Å². The highest BCUT2D eigenvalue weighted by Gasteiger charge is 2.18. The predicted octanol–water partition coefficient (Wildman–Crippen LogP) is 2.11. The minimum absolute atomic E-state index is 0.0796. The highest BCUT2D eigenvalue weighted by atomic mass is 16.6. The molecule has 2 aromatic rings. The first-order valence-corrected chi connectivity index (χ1v) is 7.35. The molecule has 0 unspecified atom stereocenters. The molecule has 1 aromatic carbocycles. The van der Waals surface area contributed by atoms with Crippen molar-refractivity contribution in [2.24, 2.45) is 0 Å². The van der Waals surface area contributed by atoms with E-state index in [2.05, 4.69) is 20.6 Å². The number of nitrogens with zero attached hydrogens (tertiary/aromatic N) is 3. The monoisotopic (exact) mass is 347 g/mol. The van der Waals surface area contributed by atoms with Gasteiger partial charge >= 0.3 is 11.7 Å². The largest absolute Gasteiger partial charge is 0.497 e. The lowest BCUT2D eigenvalue weighted by molar-refractivity contribution is -0.384. The normalized spacial score (nSPS) is 10.0. The maximum absolute atomic E-state index is 11.4. The Labute approximate surface area is 143 Å². The first-order chi connectivity index (χ1) is 12.0. The molecule has 0 radical (unpaired) electrons. The zero-order valence-electron chi connectivity index (χ0n) is 13.7. The Kier molecular flexibility index (Phi) is 6.04. The quantitative estimate of drug-likeness (QED) is 0.419. The molecule has 0 aliphatic heterocycles. The summed E-state index contributed by atoms with van der Waals surface area (Å²) < 4.78 is 9.84. The van der Waals surface area contributed by atoms with Gasteiger partial charge in [-0.05, 0) is 31.2 Å². The van der Waals surface area contributed by atoms with Crippen molar-refractivity contribution in [1.82, 2.24) is 9.97 Å².